The monoisotopic (exact) mass is 265 g/mol. The van der Waals surface area contributed by atoms with E-state index in [4.69, 9.17) is 5.26 Å². The Morgan fingerprint density at radius 2 is 1.90 bits per heavy atom. The third-order valence-electron chi connectivity index (χ3n) is 3.34. The van der Waals surface area contributed by atoms with Crippen molar-refractivity contribution in [3.05, 3.63) is 47.9 Å². The summed E-state index contributed by atoms with van der Waals surface area (Å²) in [5.74, 6) is 0.388. The lowest BCUT2D eigenvalue weighted by Crippen LogP contribution is -2.02. The first kappa shape index (κ1) is 14.2. The summed E-state index contributed by atoms with van der Waals surface area (Å²) in [5.41, 5.74) is 3.29. The Balaban J connectivity index is 2.29. The second-order valence-corrected chi connectivity index (χ2v) is 4.84. The number of hydrogen-bond acceptors (Lipinski definition) is 3. The zero-order chi connectivity index (χ0) is 14.4. The Labute approximate surface area is 120 Å². The van der Waals surface area contributed by atoms with Crippen LogP contribution in [-0.4, -0.2) is 9.97 Å². The number of aryl methyl sites for hydroxylation is 1. The maximum Gasteiger partial charge on any atom is 0.146 e. The summed E-state index contributed by atoms with van der Waals surface area (Å²) in [7, 11) is 0. The Kier molecular flexibility index (Phi) is 4.84. The molecule has 1 heterocycles. The molecule has 0 fully saturated rings. The molecule has 20 heavy (non-hydrogen) atoms. The van der Waals surface area contributed by atoms with Crippen molar-refractivity contribution in [1.82, 2.24) is 9.97 Å². The van der Waals surface area contributed by atoms with Gasteiger partial charge in [-0.1, -0.05) is 44.5 Å². The molecule has 3 nitrogen and oxygen atoms in total. The molecule has 1 aromatic heterocycles. The van der Waals surface area contributed by atoms with Gasteiger partial charge in [0.25, 0.3) is 0 Å². The van der Waals surface area contributed by atoms with Gasteiger partial charge in [0, 0.05) is 11.8 Å². The van der Waals surface area contributed by atoms with Gasteiger partial charge in [0.05, 0.1) is 11.8 Å². The van der Waals surface area contributed by atoms with Gasteiger partial charge in [-0.05, 0) is 24.5 Å². The van der Waals surface area contributed by atoms with Crippen LogP contribution in [0.3, 0.4) is 0 Å². The van der Waals surface area contributed by atoms with E-state index in [2.05, 4.69) is 47.2 Å². The molecule has 0 bridgehead atoms. The van der Waals surface area contributed by atoms with Crippen molar-refractivity contribution in [3.8, 4) is 17.3 Å². The molecule has 1 atom stereocenters. The van der Waals surface area contributed by atoms with E-state index in [0.717, 1.165) is 30.5 Å². The lowest BCUT2D eigenvalue weighted by atomic mass is 10.0. The smallest absolute Gasteiger partial charge is 0.146 e. The van der Waals surface area contributed by atoms with Crippen LogP contribution in [0.5, 0.6) is 0 Å². The minimum absolute atomic E-state index is 0.227. The highest BCUT2D eigenvalue weighted by Gasteiger charge is 2.12. The zero-order valence-electron chi connectivity index (χ0n) is 12.0. The summed E-state index contributed by atoms with van der Waals surface area (Å²) in [6.07, 6.45) is 4.71. The lowest BCUT2D eigenvalue weighted by Gasteiger charge is -2.07. The zero-order valence-corrected chi connectivity index (χ0v) is 12.0. The highest BCUT2D eigenvalue weighted by Crippen LogP contribution is 2.21. The summed E-state index contributed by atoms with van der Waals surface area (Å²) < 4.78 is 0. The fourth-order valence-electron chi connectivity index (χ4n) is 2.16. The van der Waals surface area contributed by atoms with E-state index in [0.29, 0.717) is 5.82 Å². The van der Waals surface area contributed by atoms with Gasteiger partial charge >= 0.3 is 0 Å². The van der Waals surface area contributed by atoms with Crippen LogP contribution >= 0.6 is 0 Å². The summed E-state index contributed by atoms with van der Waals surface area (Å²) in [5, 5.41) is 9.11. The van der Waals surface area contributed by atoms with Gasteiger partial charge in [-0.15, -0.1) is 0 Å². The first-order chi connectivity index (χ1) is 9.78. The second kappa shape index (κ2) is 6.81. The first-order valence-corrected chi connectivity index (χ1v) is 7.10. The van der Waals surface area contributed by atoms with Gasteiger partial charge in [0.15, 0.2) is 0 Å². The van der Waals surface area contributed by atoms with Crippen molar-refractivity contribution in [1.29, 1.82) is 5.26 Å². The Hall–Kier alpha value is -2.21. The van der Waals surface area contributed by atoms with Crippen LogP contribution in [0.1, 0.15) is 44.0 Å². The van der Waals surface area contributed by atoms with Crippen LogP contribution in [0.2, 0.25) is 0 Å². The Morgan fingerprint density at radius 1 is 1.15 bits per heavy atom. The SMILES string of the molecule is CCCc1ccc(-c2ccnc(C(C#N)CC)n2)cc1. The number of aromatic nitrogens is 2. The van der Waals surface area contributed by atoms with E-state index in [-0.39, 0.29) is 5.92 Å². The van der Waals surface area contributed by atoms with Crippen LogP contribution in [0, 0.1) is 11.3 Å². The van der Waals surface area contributed by atoms with Crippen LogP contribution in [0.15, 0.2) is 36.5 Å². The van der Waals surface area contributed by atoms with E-state index in [1.165, 1.54) is 5.56 Å². The van der Waals surface area contributed by atoms with Crippen molar-refractivity contribution in [2.24, 2.45) is 0 Å². The van der Waals surface area contributed by atoms with Crippen molar-refractivity contribution in [3.63, 3.8) is 0 Å². The third kappa shape index (κ3) is 3.21. The van der Waals surface area contributed by atoms with Crippen molar-refractivity contribution < 1.29 is 0 Å². The maximum atomic E-state index is 9.11. The minimum Gasteiger partial charge on any atom is -0.240 e. The number of nitrogens with zero attached hydrogens (tertiary/aromatic N) is 3. The van der Waals surface area contributed by atoms with Gasteiger partial charge in [0.2, 0.25) is 0 Å². The average molecular weight is 265 g/mol. The molecule has 1 aromatic carbocycles. The normalized spacial score (nSPS) is 11.8. The summed E-state index contributed by atoms with van der Waals surface area (Å²) in [6.45, 7) is 4.15. The topological polar surface area (TPSA) is 49.6 Å². The van der Waals surface area contributed by atoms with Gasteiger partial charge in [-0.3, -0.25) is 0 Å². The number of nitriles is 1. The minimum atomic E-state index is -0.227. The van der Waals surface area contributed by atoms with E-state index in [1.807, 2.05) is 13.0 Å². The van der Waals surface area contributed by atoms with Crippen molar-refractivity contribution >= 4 is 0 Å². The predicted octanol–water partition coefficient (Wildman–Crippen LogP) is 4.11. The Bertz CT molecular complexity index is 596. The molecule has 0 aliphatic carbocycles. The molecule has 2 rings (SSSR count). The number of hydrogen-bond donors (Lipinski definition) is 0. The molecule has 0 spiro atoms. The van der Waals surface area contributed by atoms with E-state index < -0.39 is 0 Å². The standard InChI is InChI=1S/C17H19N3/c1-3-5-13-6-8-15(9-7-13)16-10-11-19-17(20-16)14(4-2)12-18/h6-11,14H,3-5H2,1-2H3. The van der Waals surface area contributed by atoms with Crippen LogP contribution < -0.4 is 0 Å². The highest BCUT2D eigenvalue weighted by atomic mass is 14.9. The molecular weight excluding hydrogens is 246 g/mol. The van der Waals surface area contributed by atoms with Crippen molar-refractivity contribution in [2.75, 3.05) is 0 Å². The number of rotatable bonds is 5. The molecule has 0 aliphatic heterocycles. The third-order valence-corrected chi connectivity index (χ3v) is 3.34. The summed E-state index contributed by atoms with van der Waals surface area (Å²) >= 11 is 0. The van der Waals surface area contributed by atoms with E-state index in [1.54, 1.807) is 6.20 Å². The fourth-order valence-corrected chi connectivity index (χ4v) is 2.16. The molecule has 0 N–H and O–H groups in total. The van der Waals surface area contributed by atoms with E-state index in [9.17, 15) is 0 Å². The molecule has 0 saturated heterocycles. The first-order valence-electron chi connectivity index (χ1n) is 7.10. The van der Waals surface area contributed by atoms with Crippen LogP contribution in [0.4, 0.5) is 0 Å². The second-order valence-electron chi connectivity index (χ2n) is 4.84. The molecule has 102 valence electrons. The van der Waals surface area contributed by atoms with Crippen LogP contribution in [-0.2, 0) is 6.42 Å². The molecular formula is C17H19N3. The lowest BCUT2D eigenvalue weighted by molar-refractivity contribution is 0.752. The van der Waals surface area contributed by atoms with E-state index >= 15 is 0 Å². The van der Waals surface area contributed by atoms with Crippen molar-refractivity contribution in [2.45, 2.75) is 39.0 Å². The largest absolute Gasteiger partial charge is 0.240 e. The molecule has 0 amide bonds. The van der Waals surface area contributed by atoms with Gasteiger partial charge in [-0.2, -0.15) is 5.26 Å². The molecule has 0 saturated carbocycles. The maximum absolute atomic E-state index is 9.11. The predicted molar refractivity (Wildman–Crippen MR) is 80.1 cm³/mol. The summed E-state index contributed by atoms with van der Waals surface area (Å²) in [4.78, 5) is 8.75. The highest BCUT2D eigenvalue weighted by molar-refractivity contribution is 5.59. The quantitative estimate of drug-likeness (QED) is 0.817. The fraction of sp³-hybridized carbons (Fsp3) is 0.353. The summed E-state index contributed by atoms with van der Waals surface area (Å²) in [6, 6.07) is 12.6. The van der Waals surface area contributed by atoms with Gasteiger partial charge < -0.3 is 0 Å². The average Bonchev–Trinajstić information content (AvgIpc) is 2.50. The molecule has 0 aliphatic rings. The van der Waals surface area contributed by atoms with Crippen LogP contribution in [0.25, 0.3) is 11.3 Å². The van der Waals surface area contributed by atoms with Gasteiger partial charge in [-0.25, -0.2) is 9.97 Å². The molecule has 0 radical (unpaired) electrons. The molecule has 3 heteroatoms. The number of benzene rings is 1. The Morgan fingerprint density at radius 3 is 2.50 bits per heavy atom. The molecule has 2 aromatic rings. The molecule has 1 unspecified atom stereocenters. The van der Waals surface area contributed by atoms with Gasteiger partial charge in [0.1, 0.15) is 11.7 Å².